The molecule has 0 bridgehead atoms. The summed E-state index contributed by atoms with van der Waals surface area (Å²) >= 11 is 0. The van der Waals surface area contributed by atoms with Crippen molar-refractivity contribution in [1.29, 1.82) is 0 Å². The second-order valence-electron chi connectivity index (χ2n) is 4.91. The Labute approximate surface area is 132 Å². The average Bonchev–Trinajstić information content (AvgIpc) is 2.99. The molecule has 1 N–H and O–H groups in total. The van der Waals surface area contributed by atoms with E-state index in [0.29, 0.717) is 29.1 Å². The topological polar surface area (TPSA) is 68.4 Å². The van der Waals surface area contributed by atoms with Crippen LogP contribution in [0.25, 0.3) is 10.9 Å². The van der Waals surface area contributed by atoms with Gasteiger partial charge in [-0.05, 0) is 37.3 Å². The van der Waals surface area contributed by atoms with Crippen LogP contribution in [0.5, 0.6) is 5.75 Å². The molecule has 0 atom stereocenters. The minimum absolute atomic E-state index is 0.314. The summed E-state index contributed by atoms with van der Waals surface area (Å²) in [6, 6.07) is 15.6. The summed E-state index contributed by atoms with van der Waals surface area (Å²) in [6.45, 7) is 2.07. The maximum atomic E-state index is 12.0. The number of carbonyl (C=O) groups excluding carboxylic acids is 2. The van der Waals surface area contributed by atoms with E-state index >= 15 is 0 Å². The Morgan fingerprint density at radius 3 is 2.52 bits per heavy atom. The molecule has 0 aliphatic rings. The van der Waals surface area contributed by atoms with Crippen molar-refractivity contribution in [1.82, 2.24) is 4.98 Å². The molecule has 0 saturated heterocycles. The van der Waals surface area contributed by atoms with Gasteiger partial charge in [-0.15, -0.1) is 0 Å². The van der Waals surface area contributed by atoms with Gasteiger partial charge in [0.25, 0.3) is 0 Å². The van der Waals surface area contributed by atoms with E-state index in [1.54, 1.807) is 55.5 Å². The summed E-state index contributed by atoms with van der Waals surface area (Å²) in [4.78, 5) is 26.7. The Kier molecular flexibility index (Phi) is 4.10. The van der Waals surface area contributed by atoms with Crippen LogP contribution in [0.15, 0.2) is 54.6 Å². The van der Waals surface area contributed by atoms with Gasteiger partial charge in [0.05, 0.1) is 12.2 Å². The maximum Gasteiger partial charge on any atom is 0.354 e. The molecule has 0 aliphatic heterocycles. The molecule has 0 fully saturated rings. The smallest absolute Gasteiger partial charge is 0.354 e. The highest BCUT2D eigenvalue weighted by Gasteiger charge is 2.12. The SMILES string of the molecule is CCOC(=O)c1cc2ccc(OC(=O)c3ccccc3)cc2[nH]1. The molecule has 0 spiro atoms. The largest absolute Gasteiger partial charge is 0.461 e. The first-order valence-corrected chi connectivity index (χ1v) is 7.24. The molecular weight excluding hydrogens is 294 g/mol. The standard InChI is InChI=1S/C18H15NO4/c1-2-22-18(21)16-10-13-8-9-14(11-15(13)19-16)23-17(20)12-6-4-3-5-7-12/h3-11,19H,2H2,1H3. The van der Waals surface area contributed by atoms with Gasteiger partial charge in [-0.1, -0.05) is 18.2 Å². The Bertz CT molecular complexity index is 852. The Morgan fingerprint density at radius 2 is 1.78 bits per heavy atom. The van der Waals surface area contributed by atoms with E-state index in [1.165, 1.54) is 0 Å². The lowest BCUT2D eigenvalue weighted by Gasteiger charge is -2.04. The van der Waals surface area contributed by atoms with E-state index < -0.39 is 11.9 Å². The van der Waals surface area contributed by atoms with Crippen LogP contribution in [0, 0.1) is 0 Å². The fraction of sp³-hybridized carbons (Fsp3) is 0.111. The van der Waals surface area contributed by atoms with E-state index in [4.69, 9.17) is 9.47 Å². The molecular formula is C18H15NO4. The maximum absolute atomic E-state index is 12.0. The number of aromatic nitrogens is 1. The summed E-state index contributed by atoms with van der Waals surface area (Å²) in [5.41, 5.74) is 1.55. The molecule has 0 saturated carbocycles. The number of ether oxygens (including phenoxy) is 2. The molecule has 1 heterocycles. The lowest BCUT2D eigenvalue weighted by atomic mass is 10.2. The number of hydrogen-bond acceptors (Lipinski definition) is 4. The molecule has 0 radical (unpaired) electrons. The van der Waals surface area contributed by atoms with Crippen LogP contribution in [0.2, 0.25) is 0 Å². The molecule has 3 aromatic rings. The second-order valence-corrected chi connectivity index (χ2v) is 4.91. The number of carbonyl (C=O) groups is 2. The van der Waals surface area contributed by atoms with Crippen molar-refractivity contribution in [3.8, 4) is 5.75 Å². The van der Waals surface area contributed by atoms with Crippen molar-refractivity contribution in [3.05, 3.63) is 65.9 Å². The highest BCUT2D eigenvalue weighted by Crippen LogP contribution is 2.22. The molecule has 116 valence electrons. The van der Waals surface area contributed by atoms with Gasteiger partial charge >= 0.3 is 11.9 Å². The van der Waals surface area contributed by atoms with Crippen molar-refractivity contribution >= 4 is 22.8 Å². The third-order valence-corrected chi connectivity index (χ3v) is 3.31. The van der Waals surface area contributed by atoms with Crippen LogP contribution in [0.3, 0.4) is 0 Å². The third kappa shape index (κ3) is 3.23. The zero-order valence-corrected chi connectivity index (χ0v) is 12.5. The van der Waals surface area contributed by atoms with Gasteiger partial charge < -0.3 is 14.5 Å². The Balaban J connectivity index is 1.83. The van der Waals surface area contributed by atoms with Gasteiger partial charge in [-0.3, -0.25) is 0 Å². The molecule has 0 amide bonds. The summed E-state index contributed by atoms with van der Waals surface area (Å²) in [7, 11) is 0. The van der Waals surface area contributed by atoms with E-state index in [-0.39, 0.29) is 0 Å². The van der Waals surface area contributed by atoms with Crippen LogP contribution in [-0.4, -0.2) is 23.5 Å². The van der Waals surface area contributed by atoms with Gasteiger partial charge in [0.2, 0.25) is 0 Å². The lowest BCUT2D eigenvalue weighted by Crippen LogP contribution is -2.07. The number of rotatable bonds is 4. The zero-order chi connectivity index (χ0) is 16.2. The molecule has 2 aromatic carbocycles. The zero-order valence-electron chi connectivity index (χ0n) is 12.5. The highest BCUT2D eigenvalue weighted by molar-refractivity contribution is 5.96. The van der Waals surface area contributed by atoms with Gasteiger partial charge in [0.15, 0.2) is 0 Å². The number of H-pyrrole nitrogens is 1. The fourth-order valence-corrected chi connectivity index (χ4v) is 2.23. The summed E-state index contributed by atoms with van der Waals surface area (Å²) in [6.07, 6.45) is 0. The van der Waals surface area contributed by atoms with Crippen molar-refractivity contribution in [3.63, 3.8) is 0 Å². The monoisotopic (exact) mass is 309 g/mol. The second kappa shape index (κ2) is 6.36. The quantitative estimate of drug-likeness (QED) is 0.591. The van der Waals surface area contributed by atoms with Gasteiger partial charge in [0.1, 0.15) is 11.4 Å². The third-order valence-electron chi connectivity index (χ3n) is 3.31. The number of fused-ring (bicyclic) bond motifs is 1. The minimum atomic E-state index is -0.429. The van der Waals surface area contributed by atoms with Crippen molar-refractivity contribution in [2.45, 2.75) is 6.92 Å². The molecule has 0 unspecified atom stereocenters. The highest BCUT2D eigenvalue weighted by atomic mass is 16.5. The summed E-state index contributed by atoms with van der Waals surface area (Å²) < 4.78 is 10.3. The number of aromatic amines is 1. The first-order valence-electron chi connectivity index (χ1n) is 7.24. The predicted octanol–water partition coefficient (Wildman–Crippen LogP) is 3.56. The van der Waals surface area contributed by atoms with Crippen LogP contribution in [-0.2, 0) is 4.74 Å². The van der Waals surface area contributed by atoms with E-state index in [2.05, 4.69) is 4.98 Å². The lowest BCUT2D eigenvalue weighted by molar-refractivity contribution is 0.0520. The van der Waals surface area contributed by atoms with Crippen LogP contribution in [0.1, 0.15) is 27.8 Å². The minimum Gasteiger partial charge on any atom is -0.461 e. The number of nitrogens with one attached hydrogen (secondary N) is 1. The number of hydrogen-bond donors (Lipinski definition) is 1. The van der Waals surface area contributed by atoms with Crippen LogP contribution < -0.4 is 4.74 Å². The van der Waals surface area contributed by atoms with E-state index in [1.807, 2.05) is 6.07 Å². The molecule has 1 aromatic heterocycles. The molecule has 5 nitrogen and oxygen atoms in total. The first kappa shape index (κ1) is 14.8. The van der Waals surface area contributed by atoms with Crippen molar-refractivity contribution < 1.29 is 19.1 Å². The number of esters is 2. The molecule has 0 aliphatic carbocycles. The normalized spacial score (nSPS) is 10.5. The first-order chi connectivity index (χ1) is 11.2. The van der Waals surface area contributed by atoms with Gasteiger partial charge in [-0.2, -0.15) is 0 Å². The van der Waals surface area contributed by atoms with Crippen LogP contribution >= 0.6 is 0 Å². The Morgan fingerprint density at radius 1 is 1.00 bits per heavy atom. The molecule has 5 heteroatoms. The summed E-state index contributed by atoms with van der Waals surface area (Å²) in [5, 5.41) is 0.840. The summed E-state index contributed by atoms with van der Waals surface area (Å²) in [5.74, 6) is -0.433. The molecule has 3 rings (SSSR count). The van der Waals surface area contributed by atoms with Crippen molar-refractivity contribution in [2.24, 2.45) is 0 Å². The van der Waals surface area contributed by atoms with E-state index in [0.717, 1.165) is 5.39 Å². The molecule has 23 heavy (non-hydrogen) atoms. The average molecular weight is 309 g/mol. The van der Waals surface area contributed by atoms with Crippen LogP contribution in [0.4, 0.5) is 0 Å². The predicted molar refractivity (Wildman–Crippen MR) is 85.7 cm³/mol. The van der Waals surface area contributed by atoms with Gasteiger partial charge in [-0.25, -0.2) is 9.59 Å². The Hall–Kier alpha value is -3.08. The van der Waals surface area contributed by atoms with Gasteiger partial charge in [0, 0.05) is 17.0 Å². The fourth-order valence-electron chi connectivity index (χ4n) is 2.23. The number of benzene rings is 2. The van der Waals surface area contributed by atoms with Crippen molar-refractivity contribution in [2.75, 3.05) is 6.61 Å². The van der Waals surface area contributed by atoms with E-state index in [9.17, 15) is 9.59 Å².